The van der Waals surface area contributed by atoms with Gasteiger partial charge in [-0.05, 0) is 27.2 Å². The van der Waals surface area contributed by atoms with Gasteiger partial charge in [0.05, 0.1) is 6.20 Å². The van der Waals surface area contributed by atoms with E-state index < -0.39 is 23.7 Å². The van der Waals surface area contributed by atoms with Gasteiger partial charge >= 0.3 is 12.1 Å². The molecule has 1 atom stereocenters. The van der Waals surface area contributed by atoms with Gasteiger partial charge in [0.15, 0.2) is 6.04 Å². The van der Waals surface area contributed by atoms with E-state index >= 15 is 0 Å². The van der Waals surface area contributed by atoms with Crippen LogP contribution in [-0.4, -0.2) is 32.6 Å². The molecular formula is C13H21N3O4. The average molecular weight is 283 g/mol. The number of nitrogens with zero attached hydrogens (tertiary/aromatic N) is 2. The van der Waals surface area contributed by atoms with Crippen molar-refractivity contribution in [3.8, 4) is 0 Å². The standard InChI is InChI=1S/C13H21N3O4/c1-5-6-16-8-9(7-14-16)10(11(17)18)15-12(19)20-13(2,3)4/h7-8,10H,5-6H2,1-4H3,(H,15,19)(H,17,18). The Morgan fingerprint density at radius 3 is 2.65 bits per heavy atom. The Kier molecular flexibility index (Phi) is 5.12. The molecule has 0 saturated heterocycles. The van der Waals surface area contributed by atoms with Gasteiger partial charge in [-0.25, -0.2) is 9.59 Å². The van der Waals surface area contributed by atoms with E-state index in [2.05, 4.69) is 10.4 Å². The Hall–Kier alpha value is -2.05. The number of hydrogen-bond acceptors (Lipinski definition) is 4. The molecule has 20 heavy (non-hydrogen) atoms. The van der Waals surface area contributed by atoms with Crippen molar-refractivity contribution in [3.05, 3.63) is 18.0 Å². The number of hydrogen-bond donors (Lipinski definition) is 2. The number of carboxylic acid groups (broad SMARTS) is 1. The first-order valence-electron chi connectivity index (χ1n) is 6.47. The molecule has 0 saturated carbocycles. The van der Waals surface area contributed by atoms with E-state index in [0.717, 1.165) is 6.42 Å². The number of alkyl carbamates (subject to hydrolysis) is 1. The van der Waals surface area contributed by atoms with E-state index in [9.17, 15) is 14.7 Å². The van der Waals surface area contributed by atoms with E-state index in [1.165, 1.54) is 6.20 Å². The molecule has 0 aliphatic rings. The molecule has 1 amide bonds. The van der Waals surface area contributed by atoms with Crippen LogP contribution < -0.4 is 5.32 Å². The van der Waals surface area contributed by atoms with Crippen LogP contribution in [0.2, 0.25) is 0 Å². The third-order valence-corrected chi connectivity index (χ3v) is 2.35. The van der Waals surface area contributed by atoms with Crippen molar-refractivity contribution in [1.29, 1.82) is 0 Å². The van der Waals surface area contributed by atoms with Crippen molar-refractivity contribution in [2.24, 2.45) is 0 Å². The SMILES string of the molecule is CCCn1cc(C(NC(=O)OC(C)(C)C)C(=O)O)cn1. The summed E-state index contributed by atoms with van der Waals surface area (Å²) < 4.78 is 6.69. The molecule has 0 radical (unpaired) electrons. The van der Waals surface area contributed by atoms with Gasteiger partial charge in [0.2, 0.25) is 0 Å². The normalized spacial score (nSPS) is 12.8. The molecule has 1 aromatic heterocycles. The molecule has 0 aromatic carbocycles. The van der Waals surface area contributed by atoms with Gasteiger partial charge in [0, 0.05) is 18.3 Å². The second-order valence-electron chi connectivity index (χ2n) is 5.45. The van der Waals surface area contributed by atoms with E-state index in [1.807, 2.05) is 6.92 Å². The van der Waals surface area contributed by atoms with E-state index in [4.69, 9.17) is 4.74 Å². The number of carboxylic acids is 1. The van der Waals surface area contributed by atoms with Crippen molar-refractivity contribution in [1.82, 2.24) is 15.1 Å². The lowest BCUT2D eigenvalue weighted by Crippen LogP contribution is -2.37. The number of aryl methyl sites for hydroxylation is 1. The Labute approximate surface area is 117 Å². The summed E-state index contributed by atoms with van der Waals surface area (Å²) >= 11 is 0. The third kappa shape index (κ3) is 4.91. The third-order valence-electron chi connectivity index (χ3n) is 2.35. The van der Waals surface area contributed by atoms with Crippen LogP contribution in [-0.2, 0) is 16.1 Å². The lowest BCUT2D eigenvalue weighted by atomic mass is 10.1. The van der Waals surface area contributed by atoms with Crippen LogP contribution >= 0.6 is 0 Å². The van der Waals surface area contributed by atoms with Crippen LogP contribution in [0.4, 0.5) is 4.79 Å². The molecular weight excluding hydrogens is 262 g/mol. The second-order valence-corrected chi connectivity index (χ2v) is 5.45. The monoisotopic (exact) mass is 283 g/mol. The van der Waals surface area contributed by atoms with Crippen LogP contribution in [0.3, 0.4) is 0 Å². The fourth-order valence-electron chi connectivity index (χ4n) is 1.59. The quantitative estimate of drug-likeness (QED) is 0.861. The zero-order valence-corrected chi connectivity index (χ0v) is 12.2. The van der Waals surface area contributed by atoms with Crippen molar-refractivity contribution in [3.63, 3.8) is 0 Å². The number of carbonyl (C=O) groups is 2. The van der Waals surface area contributed by atoms with E-state index in [-0.39, 0.29) is 0 Å². The Morgan fingerprint density at radius 1 is 1.50 bits per heavy atom. The average Bonchev–Trinajstić information content (AvgIpc) is 2.72. The number of ether oxygens (including phenoxy) is 1. The Morgan fingerprint density at radius 2 is 2.15 bits per heavy atom. The maximum absolute atomic E-state index is 11.7. The lowest BCUT2D eigenvalue weighted by Gasteiger charge is -2.21. The van der Waals surface area contributed by atoms with Crippen LogP contribution in [0.15, 0.2) is 12.4 Å². The topological polar surface area (TPSA) is 93.5 Å². The molecule has 7 nitrogen and oxygen atoms in total. The van der Waals surface area contributed by atoms with Gasteiger partial charge in [0.1, 0.15) is 5.60 Å². The first-order valence-corrected chi connectivity index (χ1v) is 6.47. The molecule has 1 heterocycles. The predicted octanol–water partition coefficient (Wildman–Crippen LogP) is 1.94. The molecule has 0 bridgehead atoms. The van der Waals surface area contributed by atoms with Gasteiger partial charge in [-0.2, -0.15) is 5.10 Å². The number of nitrogens with one attached hydrogen (secondary N) is 1. The Balaban J connectivity index is 2.78. The van der Waals surface area contributed by atoms with Crippen molar-refractivity contribution >= 4 is 12.1 Å². The summed E-state index contributed by atoms with van der Waals surface area (Å²) in [5.41, 5.74) is -0.267. The summed E-state index contributed by atoms with van der Waals surface area (Å²) in [6.45, 7) is 7.82. The summed E-state index contributed by atoms with van der Waals surface area (Å²) in [5.74, 6) is -1.16. The van der Waals surface area contributed by atoms with Crippen LogP contribution in [0, 0.1) is 0 Å². The molecule has 1 rings (SSSR count). The lowest BCUT2D eigenvalue weighted by molar-refractivity contribution is -0.139. The minimum atomic E-state index is -1.17. The number of carbonyl (C=O) groups excluding carboxylic acids is 1. The molecule has 1 unspecified atom stereocenters. The molecule has 1 aromatic rings. The fraction of sp³-hybridized carbons (Fsp3) is 0.615. The second kappa shape index (κ2) is 6.40. The summed E-state index contributed by atoms with van der Waals surface area (Å²) in [6, 6.07) is -1.17. The minimum absolute atomic E-state index is 0.414. The smallest absolute Gasteiger partial charge is 0.408 e. The van der Waals surface area contributed by atoms with Crippen molar-refractivity contribution in [2.45, 2.75) is 52.3 Å². The van der Waals surface area contributed by atoms with Gasteiger partial charge in [-0.15, -0.1) is 0 Å². The van der Waals surface area contributed by atoms with Gasteiger partial charge < -0.3 is 15.2 Å². The molecule has 7 heteroatoms. The first-order chi connectivity index (χ1) is 9.23. The summed E-state index contributed by atoms with van der Waals surface area (Å²) in [5, 5.41) is 15.6. The van der Waals surface area contributed by atoms with Crippen molar-refractivity contribution in [2.75, 3.05) is 0 Å². The predicted molar refractivity (Wildman–Crippen MR) is 72.3 cm³/mol. The van der Waals surface area contributed by atoms with Crippen LogP contribution in [0.25, 0.3) is 0 Å². The molecule has 2 N–H and O–H groups in total. The number of aromatic nitrogens is 2. The maximum atomic E-state index is 11.7. The summed E-state index contributed by atoms with van der Waals surface area (Å²) in [4.78, 5) is 22.9. The molecule has 0 spiro atoms. The number of rotatable bonds is 5. The van der Waals surface area contributed by atoms with Crippen molar-refractivity contribution < 1.29 is 19.4 Å². The molecule has 112 valence electrons. The molecule has 0 aliphatic carbocycles. The van der Waals surface area contributed by atoms with Gasteiger partial charge in [-0.3, -0.25) is 4.68 Å². The minimum Gasteiger partial charge on any atom is -0.479 e. The number of amides is 1. The van der Waals surface area contributed by atoms with Crippen LogP contribution in [0.1, 0.15) is 45.7 Å². The zero-order chi connectivity index (χ0) is 15.3. The highest BCUT2D eigenvalue weighted by molar-refractivity contribution is 5.81. The highest BCUT2D eigenvalue weighted by Crippen LogP contribution is 2.14. The molecule has 0 fully saturated rings. The summed E-state index contributed by atoms with van der Waals surface area (Å²) in [6.07, 6.45) is 3.16. The largest absolute Gasteiger partial charge is 0.479 e. The summed E-state index contributed by atoms with van der Waals surface area (Å²) in [7, 11) is 0. The van der Waals surface area contributed by atoms with Gasteiger partial charge in [0.25, 0.3) is 0 Å². The van der Waals surface area contributed by atoms with Crippen LogP contribution in [0.5, 0.6) is 0 Å². The zero-order valence-electron chi connectivity index (χ0n) is 12.2. The highest BCUT2D eigenvalue weighted by atomic mass is 16.6. The van der Waals surface area contributed by atoms with E-state index in [1.54, 1.807) is 31.6 Å². The number of aliphatic carboxylic acids is 1. The highest BCUT2D eigenvalue weighted by Gasteiger charge is 2.26. The first kappa shape index (κ1) is 16.0. The fourth-order valence-corrected chi connectivity index (χ4v) is 1.59. The Bertz CT molecular complexity index is 476. The molecule has 0 aliphatic heterocycles. The van der Waals surface area contributed by atoms with Gasteiger partial charge in [-0.1, -0.05) is 6.92 Å². The maximum Gasteiger partial charge on any atom is 0.408 e. The van der Waals surface area contributed by atoms with E-state index in [0.29, 0.717) is 12.1 Å².